The molecule has 0 aliphatic carbocycles. The Hall–Kier alpha value is -1.46. The van der Waals surface area contributed by atoms with Gasteiger partial charge in [-0.25, -0.2) is 9.37 Å². The third-order valence-electron chi connectivity index (χ3n) is 3.17. The van der Waals surface area contributed by atoms with Crippen LogP contribution in [0.5, 0.6) is 5.75 Å². The number of nitrogens with zero attached hydrogens (tertiary/aromatic N) is 1. The van der Waals surface area contributed by atoms with Crippen molar-refractivity contribution < 1.29 is 9.13 Å². The highest BCUT2D eigenvalue weighted by Crippen LogP contribution is 2.30. The Kier molecular flexibility index (Phi) is 4.73. The minimum absolute atomic E-state index is 0.0630. The Balaban J connectivity index is 2.18. The molecule has 0 aliphatic rings. The number of halogens is 1. The molecule has 2 unspecified atom stereocenters. The lowest BCUT2D eigenvalue weighted by molar-refractivity contribution is 0.387. The molecule has 5 heteroatoms. The molecule has 1 aromatic carbocycles. The minimum Gasteiger partial charge on any atom is -0.496 e. The molecule has 3 nitrogen and oxygen atoms in total. The van der Waals surface area contributed by atoms with Crippen molar-refractivity contribution >= 4 is 11.3 Å². The topological polar surface area (TPSA) is 34.1 Å². The zero-order valence-corrected chi connectivity index (χ0v) is 12.9. The maximum Gasteiger partial charge on any atom is 0.131 e. The van der Waals surface area contributed by atoms with E-state index in [2.05, 4.69) is 10.3 Å². The summed E-state index contributed by atoms with van der Waals surface area (Å²) in [6.07, 6.45) is 0. The summed E-state index contributed by atoms with van der Waals surface area (Å²) >= 11 is 1.61. The number of rotatable bonds is 5. The van der Waals surface area contributed by atoms with E-state index in [0.717, 1.165) is 10.7 Å². The molecule has 1 heterocycles. The summed E-state index contributed by atoms with van der Waals surface area (Å²) in [6, 6.07) is 4.78. The van der Waals surface area contributed by atoms with Crippen LogP contribution in [0.25, 0.3) is 0 Å². The van der Waals surface area contributed by atoms with Gasteiger partial charge < -0.3 is 10.1 Å². The zero-order valence-electron chi connectivity index (χ0n) is 12.1. The number of nitrogens with one attached hydrogen (secondary N) is 1. The summed E-state index contributed by atoms with van der Waals surface area (Å²) in [4.78, 5) is 4.45. The number of thiazole rings is 1. The standard InChI is InChI=1S/C15H19FN2OS/c1-9-8-20-15(17-9)11(3)18-10(2)14-12(16)6-5-7-13(14)19-4/h5-8,10-11,18H,1-4H3. The largest absolute Gasteiger partial charge is 0.496 e. The fraction of sp³-hybridized carbons (Fsp3) is 0.400. The van der Waals surface area contributed by atoms with Gasteiger partial charge in [0.25, 0.3) is 0 Å². The van der Waals surface area contributed by atoms with Crippen molar-refractivity contribution in [3.63, 3.8) is 0 Å². The maximum atomic E-state index is 14.0. The van der Waals surface area contributed by atoms with Gasteiger partial charge in [0, 0.05) is 22.7 Å². The molecule has 0 radical (unpaired) electrons. The highest BCUT2D eigenvalue weighted by molar-refractivity contribution is 7.09. The normalized spacial score (nSPS) is 14.1. The van der Waals surface area contributed by atoms with Crippen LogP contribution in [0.1, 0.15) is 42.2 Å². The van der Waals surface area contributed by atoms with Crippen LogP contribution in [0, 0.1) is 12.7 Å². The SMILES string of the molecule is COc1cccc(F)c1C(C)NC(C)c1nc(C)cs1. The lowest BCUT2D eigenvalue weighted by atomic mass is 10.1. The van der Waals surface area contributed by atoms with Gasteiger partial charge in [-0.15, -0.1) is 11.3 Å². The predicted molar refractivity (Wildman–Crippen MR) is 79.8 cm³/mol. The van der Waals surface area contributed by atoms with Crippen molar-refractivity contribution in [1.82, 2.24) is 10.3 Å². The summed E-state index contributed by atoms with van der Waals surface area (Å²) in [6.45, 7) is 5.93. The van der Waals surface area contributed by atoms with Gasteiger partial charge in [0.05, 0.1) is 13.2 Å². The molecule has 2 atom stereocenters. The Labute approximate surface area is 122 Å². The predicted octanol–water partition coefficient (Wildman–Crippen LogP) is 4.01. The van der Waals surface area contributed by atoms with Gasteiger partial charge in [0.1, 0.15) is 16.6 Å². The van der Waals surface area contributed by atoms with Crippen LogP contribution in [0.15, 0.2) is 23.6 Å². The summed E-state index contributed by atoms with van der Waals surface area (Å²) in [7, 11) is 1.55. The molecule has 108 valence electrons. The smallest absolute Gasteiger partial charge is 0.131 e. The zero-order chi connectivity index (χ0) is 14.7. The van der Waals surface area contributed by atoms with E-state index in [-0.39, 0.29) is 17.9 Å². The molecule has 0 bridgehead atoms. The molecule has 0 saturated carbocycles. The van der Waals surface area contributed by atoms with Gasteiger partial charge >= 0.3 is 0 Å². The second-order valence-electron chi connectivity index (χ2n) is 4.79. The first-order chi connectivity index (χ1) is 9.52. The fourth-order valence-electron chi connectivity index (χ4n) is 2.22. The average molecular weight is 294 g/mol. The Bertz CT molecular complexity index is 585. The molecule has 1 N–H and O–H groups in total. The van der Waals surface area contributed by atoms with E-state index in [9.17, 15) is 4.39 Å². The molecular formula is C15H19FN2OS. The lowest BCUT2D eigenvalue weighted by Gasteiger charge is -2.21. The number of aryl methyl sites for hydroxylation is 1. The summed E-state index contributed by atoms with van der Waals surface area (Å²) < 4.78 is 19.3. The van der Waals surface area contributed by atoms with E-state index in [1.54, 1.807) is 30.6 Å². The van der Waals surface area contributed by atoms with E-state index < -0.39 is 0 Å². The number of hydrogen-bond acceptors (Lipinski definition) is 4. The second-order valence-corrected chi connectivity index (χ2v) is 5.68. The van der Waals surface area contributed by atoms with E-state index in [4.69, 9.17) is 4.74 Å². The molecule has 0 aliphatic heterocycles. The van der Waals surface area contributed by atoms with Crippen molar-refractivity contribution in [1.29, 1.82) is 0 Å². The molecule has 0 amide bonds. The van der Waals surface area contributed by atoms with Crippen LogP contribution in [-0.4, -0.2) is 12.1 Å². The first kappa shape index (κ1) is 14.9. The number of methoxy groups -OCH3 is 1. The first-order valence-electron chi connectivity index (χ1n) is 6.53. The number of ether oxygens (including phenoxy) is 1. The highest BCUT2D eigenvalue weighted by Gasteiger charge is 2.19. The molecule has 0 saturated heterocycles. The van der Waals surface area contributed by atoms with E-state index >= 15 is 0 Å². The summed E-state index contributed by atoms with van der Waals surface area (Å²) in [5.74, 6) is 0.305. The van der Waals surface area contributed by atoms with Gasteiger partial charge in [-0.2, -0.15) is 0 Å². The van der Waals surface area contributed by atoms with Crippen LogP contribution < -0.4 is 10.1 Å². The number of hydrogen-bond donors (Lipinski definition) is 1. The third-order valence-corrected chi connectivity index (χ3v) is 4.32. The van der Waals surface area contributed by atoms with Gasteiger partial charge in [0.2, 0.25) is 0 Å². The lowest BCUT2D eigenvalue weighted by Crippen LogP contribution is -2.23. The molecule has 0 fully saturated rings. The third kappa shape index (κ3) is 3.16. The first-order valence-corrected chi connectivity index (χ1v) is 7.41. The van der Waals surface area contributed by atoms with Gasteiger partial charge in [-0.3, -0.25) is 0 Å². The quantitative estimate of drug-likeness (QED) is 0.904. The molecule has 20 heavy (non-hydrogen) atoms. The Morgan fingerprint density at radius 1 is 1.30 bits per heavy atom. The molecule has 2 rings (SSSR count). The van der Waals surface area contributed by atoms with Crippen molar-refractivity contribution in [2.24, 2.45) is 0 Å². The van der Waals surface area contributed by atoms with E-state index in [1.807, 2.05) is 26.2 Å². The van der Waals surface area contributed by atoms with Crippen LogP contribution in [0.2, 0.25) is 0 Å². The van der Waals surface area contributed by atoms with Crippen molar-refractivity contribution in [3.05, 3.63) is 45.7 Å². The summed E-state index contributed by atoms with van der Waals surface area (Å²) in [5.41, 5.74) is 1.56. The fourth-order valence-corrected chi connectivity index (χ4v) is 3.03. The van der Waals surface area contributed by atoms with Gasteiger partial charge in [-0.05, 0) is 32.9 Å². The molecule has 0 spiro atoms. The molecule has 2 aromatic rings. The van der Waals surface area contributed by atoms with Gasteiger partial charge in [0.15, 0.2) is 0 Å². The van der Waals surface area contributed by atoms with Crippen molar-refractivity contribution in [2.75, 3.05) is 7.11 Å². The van der Waals surface area contributed by atoms with Gasteiger partial charge in [-0.1, -0.05) is 6.07 Å². The summed E-state index contributed by atoms with van der Waals surface area (Å²) in [5, 5.41) is 6.39. The van der Waals surface area contributed by atoms with Crippen LogP contribution in [0.3, 0.4) is 0 Å². The maximum absolute atomic E-state index is 14.0. The monoisotopic (exact) mass is 294 g/mol. The van der Waals surface area contributed by atoms with Crippen LogP contribution >= 0.6 is 11.3 Å². The van der Waals surface area contributed by atoms with Crippen molar-refractivity contribution in [2.45, 2.75) is 32.9 Å². The van der Waals surface area contributed by atoms with Crippen molar-refractivity contribution in [3.8, 4) is 5.75 Å². The van der Waals surface area contributed by atoms with Crippen LogP contribution in [0.4, 0.5) is 4.39 Å². The Morgan fingerprint density at radius 2 is 2.05 bits per heavy atom. The minimum atomic E-state index is -0.258. The molecular weight excluding hydrogens is 275 g/mol. The number of benzene rings is 1. The average Bonchev–Trinajstić information content (AvgIpc) is 2.84. The van der Waals surface area contributed by atoms with E-state index in [1.165, 1.54) is 6.07 Å². The van der Waals surface area contributed by atoms with E-state index in [0.29, 0.717) is 11.3 Å². The highest BCUT2D eigenvalue weighted by atomic mass is 32.1. The molecule has 1 aromatic heterocycles. The Morgan fingerprint density at radius 3 is 2.65 bits per heavy atom. The second kappa shape index (κ2) is 6.33. The number of aromatic nitrogens is 1. The van der Waals surface area contributed by atoms with Crippen LogP contribution in [-0.2, 0) is 0 Å².